The minimum absolute atomic E-state index is 0.0231. The summed E-state index contributed by atoms with van der Waals surface area (Å²) < 4.78 is 5.07. The third kappa shape index (κ3) is 1.99. The molecule has 1 N–H and O–H groups in total. The van der Waals surface area contributed by atoms with Crippen molar-refractivity contribution in [3.63, 3.8) is 0 Å². The second-order valence-electron chi connectivity index (χ2n) is 3.04. The van der Waals surface area contributed by atoms with E-state index in [1.54, 1.807) is 18.5 Å². The Balaban J connectivity index is 2.28. The van der Waals surface area contributed by atoms with Gasteiger partial charge < -0.3 is 9.84 Å². The molecule has 0 aliphatic carbocycles. The van der Waals surface area contributed by atoms with Crippen LogP contribution in [-0.2, 0) is 0 Å². The third-order valence-corrected chi connectivity index (χ3v) is 2.01. The van der Waals surface area contributed by atoms with Crippen LogP contribution in [0.15, 0.2) is 23.0 Å². The number of nitrogens with zero attached hydrogens (tertiary/aromatic N) is 4. The van der Waals surface area contributed by atoms with Crippen LogP contribution in [0.1, 0.15) is 18.9 Å². The summed E-state index contributed by atoms with van der Waals surface area (Å²) in [6.07, 6.45) is 3.28. The highest BCUT2D eigenvalue weighted by Gasteiger charge is 2.14. The van der Waals surface area contributed by atoms with Crippen molar-refractivity contribution in [2.75, 3.05) is 7.05 Å². The minimum Gasteiger partial charge on any atom is -0.337 e. The average molecular weight is 205 g/mol. The summed E-state index contributed by atoms with van der Waals surface area (Å²) in [5, 5.41) is 6.81. The molecule has 0 bridgehead atoms. The molecule has 2 rings (SSSR count). The maximum absolute atomic E-state index is 5.07. The van der Waals surface area contributed by atoms with Crippen LogP contribution < -0.4 is 5.32 Å². The molecule has 0 spiro atoms. The fraction of sp³-hybridized carbons (Fsp3) is 0.333. The Morgan fingerprint density at radius 3 is 2.67 bits per heavy atom. The smallest absolute Gasteiger partial charge is 0.243 e. The standard InChI is InChI=1S/C9H11N5O/c1-6(10-2)9-13-8(14-15-9)7-11-4-3-5-12-7/h3-6,10H,1-2H3. The van der Waals surface area contributed by atoms with Gasteiger partial charge in [-0.2, -0.15) is 4.98 Å². The van der Waals surface area contributed by atoms with Gasteiger partial charge in [0.25, 0.3) is 0 Å². The summed E-state index contributed by atoms with van der Waals surface area (Å²) in [5.41, 5.74) is 0. The van der Waals surface area contributed by atoms with Crippen molar-refractivity contribution in [2.45, 2.75) is 13.0 Å². The highest BCUT2D eigenvalue weighted by molar-refractivity contribution is 5.40. The molecular formula is C9H11N5O. The van der Waals surface area contributed by atoms with E-state index in [1.807, 2.05) is 14.0 Å². The monoisotopic (exact) mass is 205 g/mol. The second kappa shape index (κ2) is 4.14. The lowest BCUT2D eigenvalue weighted by molar-refractivity contribution is 0.347. The van der Waals surface area contributed by atoms with Crippen molar-refractivity contribution in [3.8, 4) is 11.6 Å². The molecule has 0 aliphatic rings. The van der Waals surface area contributed by atoms with Gasteiger partial charge in [-0.25, -0.2) is 9.97 Å². The van der Waals surface area contributed by atoms with Crippen LogP contribution in [0.2, 0.25) is 0 Å². The Morgan fingerprint density at radius 2 is 2.00 bits per heavy atom. The van der Waals surface area contributed by atoms with Crippen LogP contribution in [-0.4, -0.2) is 27.2 Å². The van der Waals surface area contributed by atoms with E-state index in [2.05, 4.69) is 25.4 Å². The van der Waals surface area contributed by atoms with Gasteiger partial charge in [0, 0.05) is 12.4 Å². The van der Waals surface area contributed by atoms with E-state index in [-0.39, 0.29) is 6.04 Å². The molecule has 6 nitrogen and oxygen atoms in total. The van der Waals surface area contributed by atoms with Crippen molar-refractivity contribution < 1.29 is 4.52 Å². The Morgan fingerprint density at radius 1 is 1.27 bits per heavy atom. The Hall–Kier alpha value is -1.82. The van der Waals surface area contributed by atoms with Crippen LogP contribution in [0.4, 0.5) is 0 Å². The van der Waals surface area contributed by atoms with Gasteiger partial charge in [-0.15, -0.1) is 0 Å². The topological polar surface area (TPSA) is 76.7 Å². The van der Waals surface area contributed by atoms with Gasteiger partial charge in [0.1, 0.15) is 0 Å². The van der Waals surface area contributed by atoms with Crippen LogP contribution in [0.3, 0.4) is 0 Å². The second-order valence-corrected chi connectivity index (χ2v) is 3.04. The van der Waals surface area contributed by atoms with E-state index in [1.165, 1.54) is 0 Å². The van der Waals surface area contributed by atoms with E-state index in [0.29, 0.717) is 17.5 Å². The first-order valence-corrected chi connectivity index (χ1v) is 4.59. The molecule has 0 radical (unpaired) electrons. The fourth-order valence-electron chi connectivity index (χ4n) is 1.04. The normalized spacial score (nSPS) is 12.7. The van der Waals surface area contributed by atoms with Crippen molar-refractivity contribution in [2.24, 2.45) is 0 Å². The number of hydrogen-bond acceptors (Lipinski definition) is 6. The molecule has 0 aromatic carbocycles. The van der Waals surface area contributed by atoms with E-state index in [9.17, 15) is 0 Å². The lowest BCUT2D eigenvalue weighted by Crippen LogP contribution is -2.12. The zero-order chi connectivity index (χ0) is 10.7. The van der Waals surface area contributed by atoms with E-state index in [0.717, 1.165) is 0 Å². The van der Waals surface area contributed by atoms with Gasteiger partial charge in [-0.1, -0.05) is 5.16 Å². The van der Waals surface area contributed by atoms with Crippen LogP contribution in [0.5, 0.6) is 0 Å². The predicted molar refractivity (Wildman–Crippen MR) is 52.8 cm³/mol. The molecule has 0 saturated carbocycles. The Kier molecular flexibility index (Phi) is 2.68. The van der Waals surface area contributed by atoms with Gasteiger partial charge in [-0.05, 0) is 20.0 Å². The average Bonchev–Trinajstić information content (AvgIpc) is 2.78. The zero-order valence-corrected chi connectivity index (χ0v) is 8.51. The SMILES string of the molecule is CNC(C)c1nc(-c2ncccn2)no1. The minimum atomic E-state index is 0.0231. The zero-order valence-electron chi connectivity index (χ0n) is 8.51. The molecular weight excluding hydrogens is 194 g/mol. The van der Waals surface area contributed by atoms with Gasteiger partial charge in [0.05, 0.1) is 6.04 Å². The summed E-state index contributed by atoms with van der Waals surface area (Å²) in [5.74, 6) is 1.41. The van der Waals surface area contributed by atoms with Gasteiger partial charge in [0.15, 0.2) is 0 Å². The molecule has 0 saturated heterocycles. The lowest BCUT2D eigenvalue weighted by Gasteiger charge is -2.01. The highest BCUT2D eigenvalue weighted by atomic mass is 16.5. The van der Waals surface area contributed by atoms with Gasteiger partial charge in [0.2, 0.25) is 17.5 Å². The lowest BCUT2D eigenvalue weighted by atomic mass is 10.3. The first-order valence-electron chi connectivity index (χ1n) is 4.59. The number of nitrogens with one attached hydrogen (secondary N) is 1. The van der Waals surface area contributed by atoms with E-state index < -0.39 is 0 Å². The van der Waals surface area contributed by atoms with Crippen molar-refractivity contribution in [1.82, 2.24) is 25.4 Å². The maximum atomic E-state index is 5.07. The summed E-state index contributed by atoms with van der Waals surface area (Å²) in [6, 6.07) is 1.76. The van der Waals surface area contributed by atoms with Crippen LogP contribution in [0.25, 0.3) is 11.6 Å². The first kappa shape index (κ1) is 9.72. The van der Waals surface area contributed by atoms with Gasteiger partial charge >= 0.3 is 0 Å². The molecule has 1 atom stereocenters. The third-order valence-electron chi connectivity index (χ3n) is 2.01. The fourth-order valence-corrected chi connectivity index (χ4v) is 1.04. The van der Waals surface area contributed by atoms with Crippen molar-refractivity contribution in [3.05, 3.63) is 24.4 Å². The largest absolute Gasteiger partial charge is 0.337 e. The van der Waals surface area contributed by atoms with Crippen molar-refractivity contribution in [1.29, 1.82) is 0 Å². The highest BCUT2D eigenvalue weighted by Crippen LogP contribution is 2.13. The molecule has 2 heterocycles. The maximum Gasteiger partial charge on any atom is 0.243 e. The molecule has 78 valence electrons. The molecule has 1 unspecified atom stereocenters. The number of hydrogen-bond donors (Lipinski definition) is 1. The summed E-state index contributed by atoms with van der Waals surface area (Å²) >= 11 is 0. The first-order chi connectivity index (χ1) is 7.31. The summed E-state index contributed by atoms with van der Waals surface area (Å²) in [7, 11) is 1.83. The summed E-state index contributed by atoms with van der Waals surface area (Å²) in [6.45, 7) is 1.93. The molecule has 0 fully saturated rings. The predicted octanol–water partition coefficient (Wildman–Crippen LogP) is 0.807. The molecule has 2 aromatic heterocycles. The number of aromatic nitrogens is 4. The van der Waals surface area contributed by atoms with Gasteiger partial charge in [-0.3, -0.25) is 0 Å². The Labute approximate surface area is 86.8 Å². The molecule has 15 heavy (non-hydrogen) atoms. The quantitative estimate of drug-likeness (QED) is 0.798. The van der Waals surface area contributed by atoms with Crippen molar-refractivity contribution >= 4 is 0 Å². The molecule has 0 amide bonds. The van der Waals surface area contributed by atoms with Crippen LogP contribution >= 0.6 is 0 Å². The molecule has 6 heteroatoms. The molecule has 0 aliphatic heterocycles. The number of rotatable bonds is 3. The van der Waals surface area contributed by atoms with Crippen LogP contribution in [0, 0.1) is 0 Å². The Bertz CT molecular complexity index is 427. The van der Waals surface area contributed by atoms with E-state index in [4.69, 9.17) is 4.52 Å². The van der Waals surface area contributed by atoms with E-state index >= 15 is 0 Å². The summed E-state index contributed by atoms with van der Waals surface area (Å²) in [4.78, 5) is 12.2. The molecule has 2 aromatic rings.